The lowest BCUT2D eigenvalue weighted by molar-refractivity contribution is 0.198. The van der Waals surface area contributed by atoms with Gasteiger partial charge in [0.1, 0.15) is 0 Å². The summed E-state index contributed by atoms with van der Waals surface area (Å²) in [5.74, 6) is 0. The highest BCUT2D eigenvalue weighted by atomic mass is 79.9. The topological polar surface area (TPSA) is 66.4 Å². The molecule has 0 fully saturated rings. The molecule has 15 heavy (non-hydrogen) atoms. The number of aliphatic hydroxyl groups is 1. The average molecular weight is 294 g/mol. The normalized spacial score (nSPS) is 13.8. The Morgan fingerprint density at radius 2 is 2.20 bits per heavy atom. The van der Waals surface area contributed by atoms with Gasteiger partial charge in [0.25, 0.3) is 0 Å². The van der Waals surface area contributed by atoms with Gasteiger partial charge in [-0.25, -0.2) is 13.1 Å². The van der Waals surface area contributed by atoms with Gasteiger partial charge in [-0.2, -0.15) is 0 Å². The maximum atomic E-state index is 11.6. The molecule has 0 unspecified atom stereocenters. The molecule has 84 valence electrons. The number of benzene rings is 1. The summed E-state index contributed by atoms with van der Waals surface area (Å²) in [4.78, 5) is 0.178. The van der Waals surface area contributed by atoms with Crippen LogP contribution in [0.1, 0.15) is 6.92 Å². The van der Waals surface area contributed by atoms with Crippen molar-refractivity contribution in [3.63, 3.8) is 0 Å². The van der Waals surface area contributed by atoms with Crippen molar-refractivity contribution in [2.75, 3.05) is 6.54 Å². The first-order valence-corrected chi connectivity index (χ1v) is 6.63. The summed E-state index contributed by atoms with van der Waals surface area (Å²) in [7, 11) is -3.52. The van der Waals surface area contributed by atoms with E-state index in [2.05, 4.69) is 20.7 Å². The van der Waals surface area contributed by atoms with E-state index < -0.39 is 16.1 Å². The second-order valence-electron chi connectivity index (χ2n) is 3.16. The predicted octanol–water partition coefficient (Wildman–Crippen LogP) is 1.11. The van der Waals surface area contributed by atoms with Crippen LogP contribution in [0.2, 0.25) is 0 Å². The lowest BCUT2D eigenvalue weighted by Crippen LogP contribution is -2.30. The number of rotatable bonds is 4. The van der Waals surface area contributed by atoms with Gasteiger partial charge >= 0.3 is 0 Å². The molecule has 6 heteroatoms. The monoisotopic (exact) mass is 293 g/mol. The Kier molecular flexibility index (Phi) is 4.27. The summed E-state index contributed by atoms with van der Waals surface area (Å²) in [6.45, 7) is 1.53. The Morgan fingerprint density at radius 1 is 1.53 bits per heavy atom. The van der Waals surface area contributed by atoms with E-state index in [0.29, 0.717) is 4.47 Å². The maximum Gasteiger partial charge on any atom is 0.240 e. The summed E-state index contributed by atoms with van der Waals surface area (Å²) < 4.78 is 26.3. The van der Waals surface area contributed by atoms with Crippen LogP contribution < -0.4 is 4.72 Å². The first-order chi connectivity index (χ1) is 6.92. The molecule has 1 aromatic rings. The van der Waals surface area contributed by atoms with Crippen LogP contribution in [-0.4, -0.2) is 26.2 Å². The molecular weight excluding hydrogens is 282 g/mol. The van der Waals surface area contributed by atoms with E-state index in [0.717, 1.165) is 0 Å². The summed E-state index contributed by atoms with van der Waals surface area (Å²) >= 11 is 3.19. The van der Waals surface area contributed by atoms with E-state index in [-0.39, 0.29) is 11.4 Å². The van der Waals surface area contributed by atoms with Crippen molar-refractivity contribution in [1.82, 2.24) is 4.72 Å². The molecule has 0 aliphatic heterocycles. The number of aliphatic hydroxyl groups excluding tert-OH is 1. The third-order valence-electron chi connectivity index (χ3n) is 1.68. The van der Waals surface area contributed by atoms with Crippen LogP contribution in [0.25, 0.3) is 0 Å². The highest BCUT2D eigenvalue weighted by Crippen LogP contribution is 2.15. The van der Waals surface area contributed by atoms with Gasteiger partial charge in [-0.3, -0.25) is 0 Å². The van der Waals surface area contributed by atoms with Gasteiger partial charge in [-0.05, 0) is 25.1 Å². The zero-order chi connectivity index (χ0) is 11.5. The smallest absolute Gasteiger partial charge is 0.240 e. The van der Waals surface area contributed by atoms with E-state index in [4.69, 9.17) is 5.11 Å². The molecule has 0 aliphatic carbocycles. The van der Waals surface area contributed by atoms with E-state index in [9.17, 15) is 8.42 Å². The largest absolute Gasteiger partial charge is 0.392 e. The van der Waals surface area contributed by atoms with Crippen molar-refractivity contribution in [1.29, 1.82) is 0 Å². The van der Waals surface area contributed by atoms with Crippen LogP contribution in [0, 0.1) is 0 Å². The zero-order valence-corrected chi connectivity index (χ0v) is 10.5. The molecule has 0 saturated heterocycles. The van der Waals surface area contributed by atoms with Gasteiger partial charge in [0, 0.05) is 11.0 Å². The van der Waals surface area contributed by atoms with Crippen LogP contribution in [0.3, 0.4) is 0 Å². The fourth-order valence-electron chi connectivity index (χ4n) is 0.948. The van der Waals surface area contributed by atoms with E-state index >= 15 is 0 Å². The molecule has 2 N–H and O–H groups in total. The highest BCUT2D eigenvalue weighted by molar-refractivity contribution is 9.10. The van der Waals surface area contributed by atoms with Crippen LogP contribution >= 0.6 is 15.9 Å². The van der Waals surface area contributed by atoms with Crippen LogP contribution in [0.5, 0.6) is 0 Å². The second kappa shape index (κ2) is 5.07. The highest BCUT2D eigenvalue weighted by Gasteiger charge is 2.14. The third-order valence-corrected chi connectivity index (χ3v) is 3.59. The Morgan fingerprint density at radius 3 is 2.73 bits per heavy atom. The molecule has 4 nitrogen and oxygen atoms in total. The molecule has 1 aromatic carbocycles. The number of nitrogens with one attached hydrogen (secondary N) is 1. The molecule has 0 aliphatic rings. The lowest BCUT2D eigenvalue weighted by atomic mass is 10.4. The Balaban J connectivity index is 2.87. The standard InChI is InChI=1S/C9H12BrNO3S/c1-7(12)6-11-15(13,14)9-4-2-3-8(10)5-9/h2-5,7,11-12H,6H2,1H3/t7-/m0/s1. The summed E-state index contributed by atoms with van der Waals surface area (Å²) in [5.41, 5.74) is 0. The van der Waals surface area contributed by atoms with E-state index in [1.807, 2.05) is 0 Å². The van der Waals surface area contributed by atoms with Crippen LogP contribution in [0.4, 0.5) is 0 Å². The van der Waals surface area contributed by atoms with Crippen molar-refractivity contribution in [3.8, 4) is 0 Å². The number of hydrogen-bond acceptors (Lipinski definition) is 3. The zero-order valence-electron chi connectivity index (χ0n) is 8.14. The van der Waals surface area contributed by atoms with Crippen molar-refractivity contribution in [3.05, 3.63) is 28.7 Å². The first-order valence-electron chi connectivity index (χ1n) is 4.35. The van der Waals surface area contributed by atoms with Crippen molar-refractivity contribution >= 4 is 26.0 Å². The fourth-order valence-corrected chi connectivity index (χ4v) is 2.67. The molecule has 0 amide bonds. The van der Waals surface area contributed by atoms with Gasteiger partial charge in [-0.15, -0.1) is 0 Å². The summed E-state index contributed by atoms with van der Waals surface area (Å²) in [6, 6.07) is 6.38. The Hall–Kier alpha value is -0.430. The van der Waals surface area contributed by atoms with Gasteiger partial charge in [0.2, 0.25) is 10.0 Å². The number of hydrogen-bond donors (Lipinski definition) is 2. The van der Waals surface area contributed by atoms with Gasteiger partial charge in [-0.1, -0.05) is 22.0 Å². The molecule has 1 rings (SSSR count). The summed E-state index contributed by atoms with van der Waals surface area (Å²) in [6.07, 6.45) is -0.702. The maximum absolute atomic E-state index is 11.6. The van der Waals surface area contributed by atoms with Crippen LogP contribution in [0.15, 0.2) is 33.6 Å². The molecule has 0 aromatic heterocycles. The summed E-state index contributed by atoms with van der Waals surface area (Å²) in [5, 5.41) is 8.98. The Labute approximate surface area is 97.5 Å². The SMILES string of the molecule is C[C@H](O)CNS(=O)(=O)c1cccc(Br)c1. The minimum absolute atomic E-state index is 0.00878. The van der Waals surface area contributed by atoms with Crippen LogP contribution in [-0.2, 0) is 10.0 Å². The average Bonchev–Trinajstić information content (AvgIpc) is 2.15. The van der Waals surface area contributed by atoms with Gasteiger partial charge < -0.3 is 5.11 Å². The number of halogens is 1. The first kappa shape index (κ1) is 12.6. The quantitative estimate of drug-likeness (QED) is 0.874. The predicted molar refractivity (Wildman–Crippen MR) is 61.0 cm³/mol. The van der Waals surface area contributed by atoms with Crippen molar-refractivity contribution < 1.29 is 13.5 Å². The van der Waals surface area contributed by atoms with Gasteiger partial charge in [0.05, 0.1) is 11.0 Å². The van der Waals surface area contributed by atoms with E-state index in [1.165, 1.54) is 19.1 Å². The molecule has 1 atom stereocenters. The molecule has 0 saturated carbocycles. The molecule has 0 spiro atoms. The molecular formula is C9H12BrNO3S. The minimum Gasteiger partial charge on any atom is -0.392 e. The van der Waals surface area contributed by atoms with Crippen molar-refractivity contribution in [2.45, 2.75) is 17.9 Å². The Bertz CT molecular complexity index is 431. The molecule has 0 radical (unpaired) electrons. The van der Waals surface area contributed by atoms with Gasteiger partial charge in [0.15, 0.2) is 0 Å². The number of sulfonamides is 1. The van der Waals surface area contributed by atoms with E-state index in [1.54, 1.807) is 12.1 Å². The minimum atomic E-state index is -3.52. The molecule has 0 bridgehead atoms. The second-order valence-corrected chi connectivity index (χ2v) is 5.84. The molecule has 0 heterocycles. The fraction of sp³-hybridized carbons (Fsp3) is 0.333. The van der Waals surface area contributed by atoms with Crippen molar-refractivity contribution in [2.24, 2.45) is 0 Å². The third kappa shape index (κ3) is 3.90. The lowest BCUT2D eigenvalue weighted by Gasteiger charge is -2.08.